The van der Waals surface area contributed by atoms with Crippen molar-refractivity contribution in [1.82, 2.24) is 15.2 Å². The Morgan fingerprint density at radius 2 is 1.81 bits per heavy atom. The average Bonchev–Trinajstić information content (AvgIpc) is 3.18. The van der Waals surface area contributed by atoms with Crippen LogP contribution in [-0.4, -0.2) is 46.7 Å². The summed E-state index contributed by atoms with van der Waals surface area (Å²) in [6.45, 7) is 1.12. The molecule has 5 rings (SSSR count). The molecule has 1 fully saturated rings. The van der Waals surface area contributed by atoms with Gasteiger partial charge in [-0.2, -0.15) is 0 Å². The number of oxazole rings is 1. The standard InChI is InChI=1S/C23H22N4O4/c28-20(13-18-22(30)24-16-6-2-1-5-15(16)21(29)25-18)27-11-9-14(10-12-27)23-26-17-7-3-4-8-19(17)31-23/h1-8,14,18H,9-13H2,(H,24,30)(H,25,29). The first kappa shape index (κ1) is 19.3. The third-order valence-corrected chi connectivity index (χ3v) is 5.94. The van der Waals surface area contributed by atoms with Crippen molar-refractivity contribution in [3.63, 3.8) is 0 Å². The fourth-order valence-corrected chi connectivity index (χ4v) is 4.20. The first-order chi connectivity index (χ1) is 15.1. The van der Waals surface area contributed by atoms with Crippen molar-refractivity contribution in [3.05, 3.63) is 60.0 Å². The van der Waals surface area contributed by atoms with Crippen LogP contribution in [0.3, 0.4) is 0 Å². The summed E-state index contributed by atoms with van der Waals surface area (Å²) in [6.07, 6.45) is 1.42. The Bertz CT molecular complexity index is 1130. The molecule has 0 aliphatic carbocycles. The van der Waals surface area contributed by atoms with E-state index >= 15 is 0 Å². The summed E-state index contributed by atoms with van der Waals surface area (Å²) in [7, 11) is 0. The molecule has 2 N–H and O–H groups in total. The van der Waals surface area contributed by atoms with Crippen LogP contribution in [0.4, 0.5) is 5.69 Å². The second-order valence-electron chi connectivity index (χ2n) is 7.94. The normalized spacial score (nSPS) is 19.5. The summed E-state index contributed by atoms with van der Waals surface area (Å²) in [4.78, 5) is 44.2. The Kier molecular flexibility index (Phi) is 4.89. The van der Waals surface area contributed by atoms with Crippen LogP contribution in [0.25, 0.3) is 11.1 Å². The van der Waals surface area contributed by atoms with E-state index in [0.29, 0.717) is 30.2 Å². The predicted molar refractivity (Wildman–Crippen MR) is 114 cm³/mol. The molecule has 0 saturated carbocycles. The highest BCUT2D eigenvalue weighted by molar-refractivity contribution is 6.10. The minimum atomic E-state index is -0.901. The van der Waals surface area contributed by atoms with Gasteiger partial charge >= 0.3 is 0 Å². The molecule has 8 nitrogen and oxygen atoms in total. The Labute approximate surface area is 178 Å². The smallest absolute Gasteiger partial charge is 0.254 e. The Morgan fingerprint density at radius 1 is 1.06 bits per heavy atom. The number of nitrogens with zero attached hydrogens (tertiary/aromatic N) is 2. The van der Waals surface area contributed by atoms with Crippen molar-refractivity contribution in [2.24, 2.45) is 0 Å². The number of likely N-dealkylation sites (tertiary alicyclic amines) is 1. The number of hydrogen-bond acceptors (Lipinski definition) is 5. The van der Waals surface area contributed by atoms with Gasteiger partial charge in [0.1, 0.15) is 11.6 Å². The van der Waals surface area contributed by atoms with Crippen LogP contribution in [0.5, 0.6) is 0 Å². The molecule has 1 atom stereocenters. The van der Waals surface area contributed by atoms with Crippen LogP contribution >= 0.6 is 0 Å². The lowest BCUT2D eigenvalue weighted by molar-refractivity contribution is -0.134. The molecular formula is C23H22N4O4. The first-order valence-electron chi connectivity index (χ1n) is 10.4. The van der Waals surface area contributed by atoms with Gasteiger partial charge < -0.3 is 20.0 Å². The van der Waals surface area contributed by atoms with E-state index < -0.39 is 6.04 Å². The van der Waals surface area contributed by atoms with E-state index in [9.17, 15) is 14.4 Å². The number of amides is 3. The maximum absolute atomic E-state index is 12.8. The molecule has 3 heterocycles. The lowest BCUT2D eigenvalue weighted by atomic mass is 9.96. The van der Waals surface area contributed by atoms with E-state index in [4.69, 9.17) is 4.42 Å². The van der Waals surface area contributed by atoms with E-state index in [0.717, 1.165) is 23.9 Å². The van der Waals surface area contributed by atoms with Crippen molar-refractivity contribution in [2.75, 3.05) is 18.4 Å². The van der Waals surface area contributed by atoms with Gasteiger partial charge in [0.2, 0.25) is 11.8 Å². The van der Waals surface area contributed by atoms with Gasteiger partial charge in [-0.15, -0.1) is 0 Å². The van der Waals surface area contributed by atoms with Crippen LogP contribution in [0.1, 0.15) is 41.4 Å². The van der Waals surface area contributed by atoms with E-state index in [1.807, 2.05) is 24.3 Å². The zero-order valence-corrected chi connectivity index (χ0v) is 16.8. The second kappa shape index (κ2) is 7.86. The number of rotatable bonds is 3. The molecule has 31 heavy (non-hydrogen) atoms. The van der Waals surface area contributed by atoms with Crippen molar-refractivity contribution < 1.29 is 18.8 Å². The highest BCUT2D eigenvalue weighted by Gasteiger charge is 2.33. The summed E-state index contributed by atoms with van der Waals surface area (Å²) in [6, 6.07) is 13.6. The van der Waals surface area contributed by atoms with Crippen molar-refractivity contribution >= 4 is 34.5 Å². The summed E-state index contributed by atoms with van der Waals surface area (Å²) in [5.74, 6) is -0.0230. The molecule has 1 aromatic heterocycles. The highest BCUT2D eigenvalue weighted by atomic mass is 16.3. The maximum Gasteiger partial charge on any atom is 0.254 e. The molecule has 1 unspecified atom stereocenters. The summed E-state index contributed by atoms with van der Waals surface area (Å²) in [5.41, 5.74) is 2.46. The molecule has 2 aliphatic rings. The number of carbonyl (C=O) groups is 3. The lowest BCUT2D eigenvalue weighted by Crippen LogP contribution is -2.46. The fraction of sp³-hybridized carbons (Fsp3) is 0.304. The van der Waals surface area contributed by atoms with Gasteiger partial charge in [0, 0.05) is 19.0 Å². The predicted octanol–water partition coefficient (Wildman–Crippen LogP) is 2.67. The maximum atomic E-state index is 12.8. The molecule has 3 amide bonds. The summed E-state index contributed by atoms with van der Waals surface area (Å²) in [5, 5.41) is 5.42. The monoisotopic (exact) mass is 418 g/mol. The molecular weight excluding hydrogens is 396 g/mol. The molecule has 2 aliphatic heterocycles. The largest absolute Gasteiger partial charge is 0.440 e. The minimum absolute atomic E-state index is 0.0703. The van der Waals surface area contributed by atoms with Gasteiger partial charge in [-0.05, 0) is 37.1 Å². The second-order valence-corrected chi connectivity index (χ2v) is 7.94. The van der Waals surface area contributed by atoms with E-state index in [2.05, 4.69) is 15.6 Å². The van der Waals surface area contributed by atoms with Crippen LogP contribution in [-0.2, 0) is 9.59 Å². The van der Waals surface area contributed by atoms with Gasteiger partial charge in [-0.25, -0.2) is 4.98 Å². The zero-order valence-electron chi connectivity index (χ0n) is 16.8. The number of aromatic nitrogens is 1. The van der Waals surface area contributed by atoms with Gasteiger partial charge in [0.05, 0.1) is 17.7 Å². The molecule has 1 saturated heterocycles. The SMILES string of the molecule is O=C1NC(CC(=O)N2CCC(c3nc4ccccc4o3)CC2)C(=O)Nc2ccccc21. The number of nitrogens with one attached hydrogen (secondary N) is 2. The lowest BCUT2D eigenvalue weighted by Gasteiger charge is -2.31. The molecule has 158 valence electrons. The molecule has 0 bridgehead atoms. The topological polar surface area (TPSA) is 105 Å². The number of para-hydroxylation sites is 3. The van der Waals surface area contributed by atoms with Crippen molar-refractivity contribution in [1.29, 1.82) is 0 Å². The van der Waals surface area contributed by atoms with Crippen LogP contribution < -0.4 is 10.6 Å². The quantitative estimate of drug-likeness (QED) is 0.681. The zero-order chi connectivity index (χ0) is 21.4. The number of benzene rings is 2. The Hall–Kier alpha value is -3.68. The fourth-order valence-electron chi connectivity index (χ4n) is 4.20. The van der Waals surface area contributed by atoms with Crippen molar-refractivity contribution in [3.8, 4) is 0 Å². The van der Waals surface area contributed by atoms with Crippen LogP contribution in [0.2, 0.25) is 0 Å². The van der Waals surface area contributed by atoms with Gasteiger partial charge in [-0.3, -0.25) is 14.4 Å². The first-order valence-corrected chi connectivity index (χ1v) is 10.4. The number of anilines is 1. The van der Waals surface area contributed by atoms with Gasteiger partial charge in [-0.1, -0.05) is 24.3 Å². The van der Waals surface area contributed by atoms with E-state index in [1.54, 1.807) is 29.2 Å². The number of piperidine rings is 1. The number of carbonyl (C=O) groups excluding carboxylic acids is 3. The van der Waals surface area contributed by atoms with E-state index in [-0.39, 0.29) is 30.1 Å². The molecule has 8 heteroatoms. The molecule has 2 aromatic carbocycles. The summed E-state index contributed by atoms with van der Waals surface area (Å²) >= 11 is 0. The highest BCUT2D eigenvalue weighted by Crippen LogP contribution is 2.30. The van der Waals surface area contributed by atoms with E-state index in [1.165, 1.54) is 0 Å². The van der Waals surface area contributed by atoms with Crippen LogP contribution in [0, 0.1) is 0 Å². The average molecular weight is 418 g/mol. The van der Waals surface area contributed by atoms with Crippen molar-refractivity contribution in [2.45, 2.75) is 31.2 Å². The van der Waals surface area contributed by atoms with Crippen LogP contribution in [0.15, 0.2) is 52.9 Å². The number of fused-ring (bicyclic) bond motifs is 2. The number of hydrogen-bond donors (Lipinski definition) is 2. The molecule has 0 radical (unpaired) electrons. The Balaban J connectivity index is 1.21. The minimum Gasteiger partial charge on any atom is -0.440 e. The summed E-state index contributed by atoms with van der Waals surface area (Å²) < 4.78 is 5.88. The van der Waals surface area contributed by atoms with Gasteiger partial charge in [0.15, 0.2) is 11.5 Å². The third kappa shape index (κ3) is 3.76. The Morgan fingerprint density at radius 3 is 2.61 bits per heavy atom. The molecule has 3 aromatic rings. The molecule has 0 spiro atoms. The van der Waals surface area contributed by atoms with Gasteiger partial charge in [0.25, 0.3) is 5.91 Å². The third-order valence-electron chi connectivity index (χ3n) is 5.94.